The highest BCUT2D eigenvalue weighted by Crippen LogP contribution is 2.42. The lowest BCUT2D eigenvalue weighted by Gasteiger charge is -2.47. The summed E-state index contributed by atoms with van der Waals surface area (Å²) in [5.74, 6) is -6.84. The first kappa shape index (κ1) is 54.3. The highest BCUT2D eigenvalue weighted by atomic mass is 28.4. The molecule has 3 heterocycles. The summed E-state index contributed by atoms with van der Waals surface area (Å²) >= 11 is 0. The Hall–Kier alpha value is -2.30. The van der Waals surface area contributed by atoms with Crippen LogP contribution >= 0.6 is 0 Å². The largest absolute Gasteiger partial charge is 0.456 e. The first-order valence-corrected chi connectivity index (χ1v) is 27.1. The van der Waals surface area contributed by atoms with Crippen LogP contribution < -0.4 is 0 Å². The Balaban J connectivity index is 1.90. The first-order valence-electron chi connectivity index (χ1n) is 24.2. The van der Waals surface area contributed by atoms with Gasteiger partial charge in [0.2, 0.25) is 5.79 Å². The lowest BCUT2D eigenvalue weighted by molar-refractivity contribution is -0.302. The quantitative estimate of drug-likeness (QED) is 0.0996. The fourth-order valence-corrected chi connectivity index (χ4v) is 11.7. The van der Waals surface area contributed by atoms with E-state index in [1.165, 1.54) is 4.90 Å². The van der Waals surface area contributed by atoms with E-state index in [2.05, 4.69) is 59.9 Å². The van der Waals surface area contributed by atoms with Crippen molar-refractivity contribution in [3.8, 4) is 0 Å². The Morgan fingerprint density at radius 3 is 2.17 bits per heavy atom. The number of fused-ring (bicyclic) bond motifs is 3. The summed E-state index contributed by atoms with van der Waals surface area (Å²) in [5.41, 5.74) is 1.83. The van der Waals surface area contributed by atoms with Crippen LogP contribution in [0.15, 0.2) is 23.3 Å². The van der Waals surface area contributed by atoms with Gasteiger partial charge >= 0.3 is 5.97 Å². The van der Waals surface area contributed by atoms with Crippen LogP contribution in [0.3, 0.4) is 0 Å². The van der Waals surface area contributed by atoms with Gasteiger partial charge in [-0.1, -0.05) is 72.6 Å². The zero-order valence-corrected chi connectivity index (χ0v) is 42.8. The summed E-state index contributed by atoms with van der Waals surface area (Å²) in [5, 5.41) is 22.6. The van der Waals surface area contributed by atoms with Gasteiger partial charge in [-0.05, 0) is 114 Å². The van der Waals surface area contributed by atoms with Crippen molar-refractivity contribution in [1.82, 2.24) is 4.90 Å². The minimum atomic E-state index is -2.53. The van der Waals surface area contributed by atoms with Crippen molar-refractivity contribution in [2.45, 2.75) is 212 Å². The third-order valence-electron chi connectivity index (χ3n) is 15.3. The number of cyclic esters (lactones) is 1. The van der Waals surface area contributed by atoms with Gasteiger partial charge in [-0.2, -0.15) is 0 Å². The maximum Gasteiger partial charge on any atom is 0.329 e. The van der Waals surface area contributed by atoms with Crippen LogP contribution in [0.1, 0.15) is 139 Å². The molecule has 64 heavy (non-hydrogen) atoms. The molecule has 2 saturated heterocycles. The second-order valence-corrected chi connectivity index (χ2v) is 26.1. The Kier molecular flexibility index (Phi) is 19.6. The molecule has 4 rings (SSSR count). The molecule has 0 aromatic carbocycles. The second-order valence-electron chi connectivity index (χ2n) is 21.4. The number of aliphatic hydroxyl groups is 2. The highest BCUT2D eigenvalue weighted by molar-refractivity contribution is 6.74. The van der Waals surface area contributed by atoms with Gasteiger partial charge in [0, 0.05) is 52.0 Å². The van der Waals surface area contributed by atoms with Gasteiger partial charge in [-0.3, -0.25) is 14.4 Å². The number of carbonyl (C=O) groups excluding carboxylic acids is 4. The first-order chi connectivity index (χ1) is 29.9. The molecular weight excluding hydrogens is 835 g/mol. The topological polar surface area (TPSA) is 167 Å². The lowest BCUT2D eigenvalue weighted by atomic mass is 9.81. The molecule has 0 aromatic rings. The van der Waals surface area contributed by atoms with Crippen molar-refractivity contribution in [3.63, 3.8) is 0 Å². The number of allylic oxidation sites excluding steroid dienone is 3. The molecule has 13 unspecified atom stereocenters. The summed E-state index contributed by atoms with van der Waals surface area (Å²) in [4.78, 5) is 59.8. The molecule has 13 nitrogen and oxygen atoms in total. The third-order valence-corrected chi connectivity index (χ3v) is 19.8. The molecule has 14 heteroatoms. The van der Waals surface area contributed by atoms with Gasteiger partial charge in [-0.15, -0.1) is 0 Å². The van der Waals surface area contributed by atoms with Crippen LogP contribution in [0.5, 0.6) is 0 Å². The number of nitrogens with zero attached hydrogens (tertiary/aromatic N) is 1. The molecule has 0 aromatic heterocycles. The molecule has 0 radical (unpaired) electrons. The molecule has 4 aliphatic rings. The van der Waals surface area contributed by atoms with Gasteiger partial charge in [-0.25, -0.2) is 4.79 Å². The highest BCUT2D eigenvalue weighted by Gasteiger charge is 2.57. The Labute approximate surface area is 385 Å². The summed E-state index contributed by atoms with van der Waals surface area (Å²) in [6.07, 6.45) is 6.06. The molecule has 1 saturated carbocycles. The molecule has 14 atom stereocenters. The predicted octanol–water partition coefficient (Wildman–Crippen LogP) is 7.89. The average Bonchev–Trinajstić information content (AvgIpc) is 3.23. The van der Waals surface area contributed by atoms with E-state index in [1.807, 2.05) is 20.8 Å². The van der Waals surface area contributed by atoms with Crippen molar-refractivity contribution in [2.24, 2.45) is 29.6 Å². The molecule has 2 N–H and O–H groups in total. The number of aliphatic hydroxyl groups excluding tert-OH is 1. The number of rotatable bonds is 9. The van der Waals surface area contributed by atoms with Crippen molar-refractivity contribution in [1.29, 1.82) is 0 Å². The number of hydrogen-bond donors (Lipinski definition) is 2. The van der Waals surface area contributed by atoms with Gasteiger partial charge < -0.3 is 43.2 Å². The monoisotopic (exact) mass is 920 g/mol. The molecule has 1 amide bonds. The van der Waals surface area contributed by atoms with E-state index in [9.17, 15) is 29.4 Å². The predicted molar refractivity (Wildman–Crippen MR) is 249 cm³/mol. The number of ether oxygens (including phenoxy) is 5. The number of amides is 1. The SMILES string of the molecule is CCCC1C=C(C)CC(C)CC(OC)C2OC(O)(C(=O)C(=O)N3CCCCC3C(=O)OC(C(C)=CC3CC[C@H](O)C(OC)C3)C(C)C(O[Si](C)(C)C(C)(C)C)CC1=O)C(C)CC2OC. The van der Waals surface area contributed by atoms with Crippen LogP contribution in [-0.4, -0.2) is 129 Å². The number of carbonyl (C=O) groups is 4. The minimum absolute atomic E-state index is 0.0260. The van der Waals surface area contributed by atoms with Crippen molar-refractivity contribution >= 4 is 31.8 Å². The number of ketones is 2. The van der Waals surface area contributed by atoms with E-state index >= 15 is 0 Å². The maximum atomic E-state index is 14.8. The zero-order valence-electron chi connectivity index (χ0n) is 41.8. The van der Waals surface area contributed by atoms with Gasteiger partial charge in [0.05, 0.1) is 30.5 Å². The average molecular weight is 920 g/mol. The molecular formula is C50H85NO12Si. The fourth-order valence-electron chi connectivity index (χ4n) is 10.3. The van der Waals surface area contributed by atoms with E-state index in [0.29, 0.717) is 51.4 Å². The lowest BCUT2D eigenvalue weighted by Crippen LogP contribution is -2.64. The third kappa shape index (κ3) is 13.0. The maximum absolute atomic E-state index is 14.8. The fraction of sp³-hybridized carbons (Fsp3) is 0.840. The van der Waals surface area contributed by atoms with Crippen LogP contribution in [0.25, 0.3) is 0 Å². The standard InChI is InChI=1S/C50H85NO12Si/c1-15-18-36-24-30(2)23-31(3)25-42(59-11)45-43(60-12)27-33(5)50(57,62-45)46(54)47(55)51-22-17-16-19-37(51)48(56)61-44(32(4)26-35-20-21-38(52)41(28-35)58-10)34(6)40(29-39(36)53)63-64(13,14)49(7,8)9/h24,26,31,33-38,40-45,52,57H,15-23,25,27-29H2,1-14H3/t31?,33?,34?,35?,36?,37?,38-,40?,41?,42?,43?,44?,45?,50?/m0/s1. The Morgan fingerprint density at radius 2 is 1.56 bits per heavy atom. The zero-order chi connectivity index (χ0) is 47.9. The molecule has 366 valence electrons. The molecule has 1 aliphatic carbocycles. The van der Waals surface area contributed by atoms with E-state index < -0.39 is 86.3 Å². The number of piperidine rings is 1. The van der Waals surface area contributed by atoms with Crippen LogP contribution in [0.4, 0.5) is 0 Å². The minimum Gasteiger partial charge on any atom is -0.456 e. The number of esters is 1. The second kappa shape index (κ2) is 23.1. The van der Waals surface area contributed by atoms with Crippen molar-refractivity contribution < 1.29 is 57.5 Å². The van der Waals surface area contributed by atoms with E-state index in [1.54, 1.807) is 28.3 Å². The number of hydrogen-bond acceptors (Lipinski definition) is 12. The molecule has 0 spiro atoms. The number of methoxy groups -OCH3 is 3. The van der Waals surface area contributed by atoms with E-state index in [-0.39, 0.29) is 60.5 Å². The Morgan fingerprint density at radius 1 is 0.922 bits per heavy atom. The van der Waals surface area contributed by atoms with Gasteiger partial charge in [0.15, 0.2) is 8.32 Å². The molecule has 2 bridgehead atoms. The smallest absolute Gasteiger partial charge is 0.329 e. The van der Waals surface area contributed by atoms with Gasteiger partial charge in [0.25, 0.3) is 11.7 Å². The summed E-state index contributed by atoms with van der Waals surface area (Å²) in [7, 11) is 2.19. The Bertz CT molecular complexity index is 1660. The van der Waals surface area contributed by atoms with Crippen LogP contribution in [0, 0.1) is 29.6 Å². The van der Waals surface area contributed by atoms with E-state index in [0.717, 1.165) is 17.6 Å². The van der Waals surface area contributed by atoms with E-state index in [4.69, 9.17) is 28.1 Å². The van der Waals surface area contributed by atoms with Gasteiger partial charge in [0.1, 0.15) is 24.0 Å². The molecule has 3 fully saturated rings. The summed E-state index contributed by atoms with van der Waals surface area (Å²) < 4.78 is 37.7. The van der Waals surface area contributed by atoms with Crippen molar-refractivity contribution in [2.75, 3.05) is 27.9 Å². The van der Waals surface area contributed by atoms with Crippen molar-refractivity contribution in [3.05, 3.63) is 23.3 Å². The molecule has 3 aliphatic heterocycles. The van der Waals surface area contributed by atoms with Crippen LogP contribution in [-0.2, 0) is 47.3 Å². The summed E-state index contributed by atoms with van der Waals surface area (Å²) in [6, 6.07) is -1.11. The summed E-state index contributed by atoms with van der Waals surface area (Å²) in [6.45, 7) is 22.7. The normalized spacial score (nSPS) is 37.6. The number of Topliss-reactive ketones (excluding diaryl/α,β-unsaturated/α-hetero) is 2. The van der Waals surface area contributed by atoms with Crippen LogP contribution in [0.2, 0.25) is 18.1 Å².